The van der Waals surface area contributed by atoms with Crippen LogP contribution in [0.4, 0.5) is 23.3 Å². The molecular weight excluding hydrogens is 378 g/mol. The van der Waals surface area contributed by atoms with Gasteiger partial charge in [-0.1, -0.05) is 11.6 Å². The van der Waals surface area contributed by atoms with Gasteiger partial charge in [0.15, 0.2) is 5.82 Å². The molecule has 0 aromatic carbocycles. The van der Waals surface area contributed by atoms with Crippen LogP contribution in [0.15, 0.2) is 47.3 Å². The summed E-state index contributed by atoms with van der Waals surface area (Å²) in [5.41, 5.74) is 1.12. The lowest BCUT2D eigenvalue weighted by Crippen LogP contribution is -2.44. The summed E-state index contributed by atoms with van der Waals surface area (Å²) in [6, 6.07) is 7.71. The molecule has 4 rings (SSSR count). The van der Waals surface area contributed by atoms with E-state index in [1.807, 2.05) is 24.4 Å². The van der Waals surface area contributed by atoms with Gasteiger partial charge in [-0.2, -0.15) is 4.98 Å². The first-order valence-corrected chi connectivity index (χ1v) is 9.50. The molecule has 0 spiro atoms. The normalized spacial score (nSPS) is 14.9. The molecule has 146 valence electrons. The van der Waals surface area contributed by atoms with Crippen LogP contribution in [-0.4, -0.2) is 53.1 Å². The van der Waals surface area contributed by atoms with Gasteiger partial charge < -0.3 is 24.9 Å². The molecule has 28 heavy (non-hydrogen) atoms. The van der Waals surface area contributed by atoms with Crippen molar-refractivity contribution in [3.63, 3.8) is 0 Å². The molecule has 1 aliphatic heterocycles. The fourth-order valence-electron chi connectivity index (χ4n) is 2.96. The summed E-state index contributed by atoms with van der Waals surface area (Å²) in [6.45, 7) is 4.63. The molecule has 4 heterocycles. The summed E-state index contributed by atoms with van der Waals surface area (Å²) < 4.78 is 5.31. The van der Waals surface area contributed by atoms with E-state index in [9.17, 15) is 0 Å². The molecule has 9 heteroatoms. The number of likely N-dealkylation sites (N-methyl/N-ethyl adjacent to an activating group) is 1. The molecule has 0 amide bonds. The van der Waals surface area contributed by atoms with Crippen LogP contribution < -0.4 is 15.5 Å². The maximum Gasteiger partial charge on any atom is 0.230 e. The topological polar surface area (TPSA) is 82.4 Å². The molecule has 2 N–H and O–H groups in total. The average Bonchev–Trinajstić information content (AvgIpc) is 3.23. The molecule has 3 aromatic rings. The summed E-state index contributed by atoms with van der Waals surface area (Å²) in [5.74, 6) is 2.43. The highest BCUT2D eigenvalue weighted by atomic mass is 35.5. The maximum absolute atomic E-state index is 6.19. The first-order chi connectivity index (χ1) is 13.7. The van der Waals surface area contributed by atoms with Crippen molar-refractivity contribution in [3.05, 3.63) is 53.7 Å². The van der Waals surface area contributed by atoms with Crippen LogP contribution in [0.25, 0.3) is 0 Å². The van der Waals surface area contributed by atoms with Crippen LogP contribution >= 0.6 is 11.6 Å². The van der Waals surface area contributed by atoms with Gasteiger partial charge in [0.2, 0.25) is 5.95 Å². The number of hydrogen-bond acceptors (Lipinski definition) is 8. The molecule has 1 aliphatic rings. The van der Waals surface area contributed by atoms with E-state index in [1.165, 1.54) is 0 Å². The van der Waals surface area contributed by atoms with E-state index in [1.54, 1.807) is 12.5 Å². The van der Waals surface area contributed by atoms with E-state index in [0.717, 1.165) is 37.6 Å². The Balaban J connectivity index is 1.40. The van der Waals surface area contributed by atoms with Crippen molar-refractivity contribution in [2.24, 2.45) is 0 Å². The highest BCUT2D eigenvalue weighted by Gasteiger charge is 2.14. The number of furan rings is 1. The Labute approximate surface area is 168 Å². The quantitative estimate of drug-likeness (QED) is 0.653. The Hall–Kier alpha value is -2.84. The second-order valence-electron chi connectivity index (χ2n) is 6.64. The number of piperazine rings is 1. The number of aromatic nitrogens is 3. The zero-order valence-corrected chi connectivity index (χ0v) is 16.4. The van der Waals surface area contributed by atoms with Gasteiger partial charge >= 0.3 is 0 Å². The van der Waals surface area contributed by atoms with Gasteiger partial charge in [-0.05, 0) is 31.3 Å². The van der Waals surface area contributed by atoms with Gasteiger partial charge in [0.1, 0.15) is 16.6 Å². The lowest BCUT2D eigenvalue weighted by Gasteiger charge is -2.33. The first kappa shape index (κ1) is 18.5. The third-order valence-electron chi connectivity index (χ3n) is 4.61. The summed E-state index contributed by atoms with van der Waals surface area (Å²) in [7, 11) is 2.15. The van der Waals surface area contributed by atoms with Crippen LogP contribution in [0.3, 0.4) is 0 Å². The van der Waals surface area contributed by atoms with Gasteiger partial charge in [0.25, 0.3) is 0 Å². The fraction of sp³-hybridized carbons (Fsp3) is 0.316. The minimum Gasteiger partial charge on any atom is -0.467 e. The number of nitrogens with one attached hydrogen (secondary N) is 2. The van der Waals surface area contributed by atoms with E-state index in [-0.39, 0.29) is 0 Å². The fourth-order valence-corrected chi connectivity index (χ4v) is 3.12. The molecule has 0 aliphatic carbocycles. The van der Waals surface area contributed by atoms with Crippen molar-refractivity contribution in [2.45, 2.75) is 6.54 Å². The van der Waals surface area contributed by atoms with Crippen molar-refractivity contribution in [3.8, 4) is 0 Å². The molecule has 1 fully saturated rings. The van der Waals surface area contributed by atoms with Crippen molar-refractivity contribution in [1.29, 1.82) is 0 Å². The number of halogens is 1. The summed E-state index contributed by atoms with van der Waals surface area (Å²) in [6.07, 6.45) is 5.06. The van der Waals surface area contributed by atoms with E-state index < -0.39 is 0 Å². The van der Waals surface area contributed by atoms with E-state index >= 15 is 0 Å². The minimum atomic E-state index is 0.422. The lowest BCUT2D eigenvalue weighted by molar-refractivity contribution is 0.313. The third kappa shape index (κ3) is 4.52. The molecule has 0 radical (unpaired) electrons. The number of hydrogen-bond donors (Lipinski definition) is 2. The molecule has 0 saturated carbocycles. The minimum absolute atomic E-state index is 0.422. The van der Waals surface area contributed by atoms with Gasteiger partial charge in [0, 0.05) is 26.2 Å². The Morgan fingerprint density at radius 1 is 1.11 bits per heavy atom. The van der Waals surface area contributed by atoms with Crippen molar-refractivity contribution in [2.75, 3.05) is 48.8 Å². The molecule has 3 aromatic heterocycles. The second kappa shape index (κ2) is 8.45. The van der Waals surface area contributed by atoms with E-state index in [0.29, 0.717) is 29.2 Å². The van der Waals surface area contributed by atoms with Crippen LogP contribution in [0.2, 0.25) is 5.02 Å². The summed E-state index contributed by atoms with van der Waals surface area (Å²) in [4.78, 5) is 17.8. The molecular formula is C19H22ClN7O. The zero-order valence-electron chi connectivity index (χ0n) is 15.6. The monoisotopic (exact) mass is 399 g/mol. The number of anilines is 4. The van der Waals surface area contributed by atoms with Crippen LogP contribution in [-0.2, 0) is 6.54 Å². The molecule has 0 unspecified atom stereocenters. The van der Waals surface area contributed by atoms with Crippen molar-refractivity contribution in [1.82, 2.24) is 19.9 Å². The summed E-state index contributed by atoms with van der Waals surface area (Å²) >= 11 is 6.19. The third-order valence-corrected chi connectivity index (χ3v) is 4.89. The van der Waals surface area contributed by atoms with E-state index in [4.69, 9.17) is 16.0 Å². The highest BCUT2D eigenvalue weighted by Crippen LogP contribution is 2.22. The first-order valence-electron chi connectivity index (χ1n) is 9.13. The van der Waals surface area contributed by atoms with Gasteiger partial charge in [-0.15, -0.1) is 0 Å². The Kier molecular flexibility index (Phi) is 5.59. The van der Waals surface area contributed by atoms with Crippen molar-refractivity contribution >= 4 is 34.9 Å². The second-order valence-corrected chi connectivity index (χ2v) is 7.05. The lowest BCUT2D eigenvalue weighted by atomic mass is 10.3. The Morgan fingerprint density at radius 2 is 1.96 bits per heavy atom. The molecule has 0 atom stereocenters. The van der Waals surface area contributed by atoms with Crippen LogP contribution in [0, 0.1) is 0 Å². The SMILES string of the molecule is CN1CCN(c2ccc(Nc3ncc(Cl)c(NCc4ccco4)n3)nc2)CC1. The molecule has 1 saturated heterocycles. The maximum atomic E-state index is 6.19. The van der Waals surface area contributed by atoms with Gasteiger partial charge in [-0.3, -0.25) is 0 Å². The predicted octanol–water partition coefficient (Wildman–Crippen LogP) is 3.23. The molecule has 0 bridgehead atoms. The average molecular weight is 400 g/mol. The standard InChI is InChI=1S/C19H22ClN7O/c1-26-6-8-27(9-7-26)14-4-5-17(21-11-14)24-19-23-13-16(20)18(25-19)22-12-15-3-2-10-28-15/h2-5,10-11,13H,6-9,12H2,1H3,(H2,21,22,23,24,25). The zero-order chi connectivity index (χ0) is 19.3. The van der Waals surface area contributed by atoms with Gasteiger partial charge in [-0.25, -0.2) is 9.97 Å². The predicted molar refractivity (Wildman–Crippen MR) is 110 cm³/mol. The molecule has 8 nitrogen and oxygen atoms in total. The Bertz CT molecular complexity index is 893. The van der Waals surface area contributed by atoms with E-state index in [2.05, 4.69) is 48.5 Å². The highest BCUT2D eigenvalue weighted by molar-refractivity contribution is 6.32. The largest absolute Gasteiger partial charge is 0.467 e. The van der Waals surface area contributed by atoms with Crippen molar-refractivity contribution < 1.29 is 4.42 Å². The van der Waals surface area contributed by atoms with Crippen LogP contribution in [0.1, 0.15) is 5.76 Å². The number of rotatable bonds is 6. The number of nitrogens with zero attached hydrogens (tertiary/aromatic N) is 5. The summed E-state index contributed by atoms with van der Waals surface area (Å²) in [5, 5.41) is 6.71. The van der Waals surface area contributed by atoms with Crippen LogP contribution in [0.5, 0.6) is 0 Å². The smallest absolute Gasteiger partial charge is 0.230 e. The van der Waals surface area contributed by atoms with Gasteiger partial charge in [0.05, 0.1) is 30.9 Å². The number of pyridine rings is 1. The Morgan fingerprint density at radius 3 is 2.68 bits per heavy atom.